The van der Waals surface area contributed by atoms with Crippen LogP contribution in [0.2, 0.25) is 0 Å². The Hall–Kier alpha value is -0.120. The van der Waals surface area contributed by atoms with Gasteiger partial charge in [0.05, 0.1) is 6.61 Å². The molecule has 0 spiro atoms. The molecule has 2 saturated carbocycles. The monoisotopic (exact) mass is 240 g/mol. The van der Waals surface area contributed by atoms with Gasteiger partial charge in [-0.3, -0.25) is 0 Å². The van der Waals surface area contributed by atoms with Crippen molar-refractivity contribution in [1.29, 1.82) is 0 Å². The summed E-state index contributed by atoms with van der Waals surface area (Å²) in [6.45, 7) is 4.86. The summed E-state index contributed by atoms with van der Waals surface area (Å²) in [5.74, 6) is 0. The summed E-state index contributed by atoms with van der Waals surface area (Å²) in [4.78, 5) is 2.62. The van der Waals surface area contributed by atoms with E-state index in [1.165, 1.54) is 38.5 Å². The highest BCUT2D eigenvalue weighted by molar-refractivity contribution is 4.85. The molecule has 3 nitrogen and oxygen atoms in total. The predicted octanol–water partition coefficient (Wildman–Crippen LogP) is 1.75. The summed E-state index contributed by atoms with van der Waals surface area (Å²) in [6.07, 6.45) is 9.28. The van der Waals surface area contributed by atoms with E-state index in [9.17, 15) is 5.11 Å². The van der Waals surface area contributed by atoms with Crippen LogP contribution >= 0.6 is 0 Å². The molecule has 0 aromatic heterocycles. The van der Waals surface area contributed by atoms with Crippen molar-refractivity contribution in [1.82, 2.24) is 10.2 Å². The van der Waals surface area contributed by atoms with Gasteiger partial charge in [0.25, 0.3) is 0 Å². The van der Waals surface area contributed by atoms with Gasteiger partial charge in [0, 0.05) is 18.1 Å². The molecule has 0 bridgehead atoms. The van der Waals surface area contributed by atoms with Gasteiger partial charge < -0.3 is 15.3 Å². The third kappa shape index (κ3) is 4.23. The molecule has 0 aromatic carbocycles. The molecule has 3 heteroatoms. The number of aliphatic hydroxyl groups is 1. The van der Waals surface area contributed by atoms with Crippen LogP contribution in [-0.4, -0.2) is 47.8 Å². The molecule has 17 heavy (non-hydrogen) atoms. The lowest BCUT2D eigenvalue weighted by Gasteiger charge is -2.29. The van der Waals surface area contributed by atoms with E-state index in [0.717, 1.165) is 25.6 Å². The molecule has 2 fully saturated rings. The van der Waals surface area contributed by atoms with Crippen molar-refractivity contribution < 1.29 is 5.11 Å². The van der Waals surface area contributed by atoms with Crippen LogP contribution in [0.4, 0.5) is 0 Å². The third-order valence-electron chi connectivity index (χ3n) is 4.28. The van der Waals surface area contributed by atoms with E-state index in [2.05, 4.69) is 17.1 Å². The Labute approximate surface area is 106 Å². The summed E-state index contributed by atoms with van der Waals surface area (Å²) < 4.78 is 0. The molecule has 1 unspecified atom stereocenters. The van der Waals surface area contributed by atoms with Crippen molar-refractivity contribution in [2.45, 2.75) is 70.0 Å². The number of nitrogens with one attached hydrogen (secondary N) is 1. The Morgan fingerprint density at radius 1 is 1.24 bits per heavy atom. The number of aliphatic hydroxyl groups excluding tert-OH is 1. The molecular weight excluding hydrogens is 212 g/mol. The molecule has 2 aliphatic rings. The van der Waals surface area contributed by atoms with Gasteiger partial charge in [0.1, 0.15) is 0 Å². The molecule has 0 saturated heterocycles. The van der Waals surface area contributed by atoms with Crippen LogP contribution in [-0.2, 0) is 0 Å². The minimum Gasteiger partial charge on any atom is -0.395 e. The highest BCUT2D eigenvalue weighted by Crippen LogP contribution is 2.24. The fraction of sp³-hybridized carbons (Fsp3) is 1.00. The van der Waals surface area contributed by atoms with Gasteiger partial charge in [-0.1, -0.05) is 19.8 Å². The lowest BCUT2D eigenvalue weighted by molar-refractivity contribution is 0.175. The van der Waals surface area contributed by atoms with Crippen molar-refractivity contribution in [3.63, 3.8) is 0 Å². The SMILES string of the molecule is CCN(CCC(CO)NC1CC1)C1CCCC1. The largest absolute Gasteiger partial charge is 0.395 e. The van der Waals surface area contributed by atoms with Crippen LogP contribution in [0.3, 0.4) is 0 Å². The van der Waals surface area contributed by atoms with Crippen LogP contribution in [0, 0.1) is 0 Å². The van der Waals surface area contributed by atoms with Gasteiger partial charge in [-0.25, -0.2) is 0 Å². The zero-order valence-corrected chi connectivity index (χ0v) is 11.2. The molecule has 2 N–H and O–H groups in total. The smallest absolute Gasteiger partial charge is 0.0585 e. The van der Waals surface area contributed by atoms with E-state index in [-0.39, 0.29) is 0 Å². The van der Waals surface area contributed by atoms with Crippen molar-refractivity contribution in [3.05, 3.63) is 0 Å². The van der Waals surface area contributed by atoms with Crippen LogP contribution in [0.15, 0.2) is 0 Å². The fourth-order valence-electron chi connectivity index (χ4n) is 3.00. The van der Waals surface area contributed by atoms with Gasteiger partial charge in [0.15, 0.2) is 0 Å². The fourth-order valence-corrected chi connectivity index (χ4v) is 3.00. The molecule has 0 aliphatic heterocycles. The summed E-state index contributed by atoms with van der Waals surface area (Å²) >= 11 is 0. The average molecular weight is 240 g/mol. The van der Waals surface area contributed by atoms with Crippen LogP contribution in [0.5, 0.6) is 0 Å². The van der Waals surface area contributed by atoms with Crippen molar-refractivity contribution in [2.24, 2.45) is 0 Å². The van der Waals surface area contributed by atoms with Crippen molar-refractivity contribution in [3.8, 4) is 0 Å². The number of hydrogen-bond donors (Lipinski definition) is 2. The maximum Gasteiger partial charge on any atom is 0.0585 e. The lowest BCUT2D eigenvalue weighted by Crippen LogP contribution is -2.40. The van der Waals surface area contributed by atoms with Crippen molar-refractivity contribution >= 4 is 0 Å². The van der Waals surface area contributed by atoms with Gasteiger partial charge >= 0.3 is 0 Å². The summed E-state index contributed by atoms with van der Waals surface area (Å²) in [7, 11) is 0. The Bertz CT molecular complexity index is 212. The Kier molecular flexibility index (Phi) is 5.26. The highest BCUT2D eigenvalue weighted by atomic mass is 16.3. The van der Waals surface area contributed by atoms with Crippen LogP contribution < -0.4 is 5.32 Å². The van der Waals surface area contributed by atoms with Crippen LogP contribution in [0.25, 0.3) is 0 Å². The van der Waals surface area contributed by atoms with E-state index in [1.807, 2.05) is 0 Å². The maximum absolute atomic E-state index is 9.37. The van der Waals surface area contributed by atoms with Crippen molar-refractivity contribution in [2.75, 3.05) is 19.7 Å². The molecule has 2 rings (SSSR count). The molecular formula is C14H28N2O. The second-order valence-corrected chi connectivity index (χ2v) is 5.68. The van der Waals surface area contributed by atoms with E-state index >= 15 is 0 Å². The first-order valence-corrected chi connectivity index (χ1v) is 7.44. The summed E-state index contributed by atoms with van der Waals surface area (Å²) in [6, 6.07) is 1.84. The first kappa shape index (κ1) is 13.3. The second-order valence-electron chi connectivity index (χ2n) is 5.68. The summed E-state index contributed by atoms with van der Waals surface area (Å²) in [5.41, 5.74) is 0. The molecule has 0 aromatic rings. The zero-order valence-electron chi connectivity index (χ0n) is 11.2. The van der Waals surface area contributed by atoms with Gasteiger partial charge in [-0.2, -0.15) is 0 Å². The zero-order chi connectivity index (χ0) is 12.1. The first-order chi connectivity index (χ1) is 8.33. The highest BCUT2D eigenvalue weighted by Gasteiger charge is 2.25. The maximum atomic E-state index is 9.37. The first-order valence-electron chi connectivity index (χ1n) is 7.44. The predicted molar refractivity (Wildman–Crippen MR) is 71.2 cm³/mol. The van der Waals surface area contributed by atoms with E-state index in [1.54, 1.807) is 0 Å². The topological polar surface area (TPSA) is 35.5 Å². The standard InChI is InChI=1S/C14H28N2O/c1-2-16(14-5-3-4-6-14)10-9-13(11-17)15-12-7-8-12/h12-15,17H,2-11H2,1H3. The van der Waals surface area contributed by atoms with Gasteiger partial charge in [-0.15, -0.1) is 0 Å². The minimum atomic E-state index is 0.290. The lowest BCUT2D eigenvalue weighted by atomic mass is 10.1. The van der Waals surface area contributed by atoms with E-state index < -0.39 is 0 Å². The van der Waals surface area contributed by atoms with Gasteiger partial charge in [-0.05, 0) is 45.2 Å². The van der Waals surface area contributed by atoms with Gasteiger partial charge in [0.2, 0.25) is 0 Å². The average Bonchev–Trinajstić information content (AvgIpc) is 3.00. The molecule has 0 heterocycles. The van der Waals surface area contributed by atoms with Crippen LogP contribution in [0.1, 0.15) is 51.9 Å². The minimum absolute atomic E-state index is 0.290. The molecule has 1 atom stereocenters. The van der Waals surface area contributed by atoms with E-state index in [4.69, 9.17) is 0 Å². The molecule has 100 valence electrons. The Morgan fingerprint density at radius 3 is 2.47 bits per heavy atom. The Morgan fingerprint density at radius 2 is 1.94 bits per heavy atom. The quantitative estimate of drug-likeness (QED) is 0.678. The number of rotatable bonds is 8. The normalized spacial score (nSPS) is 23.5. The number of nitrogens with zero attached hydrogens (tertiary/aromatic N) is 1. The molecule has 0 amide bonds. The summed E-state index contributed by atoms with van der Waals surface area (Å²) in [5, 5.41) is 12.9. The second kappa shape index (κ2) is 6.72. The number of hydrogen-bond acceptors (Lipinski definition) is 3. The molecule has 2 aliphatic carbocycles. The van der Waals surface area contributed by atoms with E-state index in [0.29, 0.717) is 18.7 Å². The Balaban J connectivity index is 1.69. The molecule has 0 radical (unpaired) electrons. The third-order valence-corrected chi connectivity index (χ3v) is 4.28.